The standard InChI is InChI=1S/C22H19ClN4O2/c1-22-20-16(15-7-3-5-9-18(15)25-20)10-11-26(22)19(28)13-27(21(22)29)24-12-14-6-2-4-8-17(14)23/h2-9,12,25H,10-11,13H2,1H3/b24-12-/t22-/m1/s1. The minimum atomic E-state index is -1.11. The maximum atomic E-state index is 13.5. The third-order valence-corrected chi connectivity index (χ3v) is 6.25. The van der Waals surface area contributed by atoms with Gasteiger partial charge in [-0.25, -0.2) is 5.01 Å². The maximum Gasteiger partial charge on any atom is 0.275 e. The Hall–Kier alpha value is -3.12. The first kappa shape index (κ1) is 17.9. The molecular formula is C22H19ClN4O2. The highest BCUT2D eigenvalue weighted by atomic mass is 35.5. The SMILES string of the molecule is C[C@@]12C(=O)N(/N=C\c3ccccc3Cl)CC(=O)N1CCc1c2[nH]c2ccccc12. The van der Waals surface area contributed by atoms with E-state index in [-0.39, 0.29) is 18.4 Å². The zero-order chi connectivity index (χ0) is 20.2. The Labute approximate surface area is 172 Å². The number of carbonyl (C=O) groups is 2. The van der Waals surface area contributed by atoms with Crippen molar-refractivity contribution in [1.29, 1.82) is 0 Å². The van der Waals surface area contributed by atoms with E-state index in [2.05, 4.69) is 10.1 Å². The van der Waals surface area contributed by atoms with Crippen molar-refractivity contribution < 1.29 is 9.59 Å². The van der Waals surface area contributed by atoms with Gasteiger partial charge < -0.3 is 9.88 Å². The van der Waals surface area contributed by atoms with Crippen molar-refractivity contribution in [2.45, 2.75) is 18.9 Å². The van der Waals surface area contributed by atoms with E-state index in [9.17, 15) is 9.59 Å². The molecule has 0 saturated carbocycles. The highest BCUT2D eigenvalue weighted by Gasteiger charge is 2.54. The quantitative estimate of drug-likeness (QED) is 0.663. The molecule has 29 heavy (non-hydrogen) atoms. The van der Waals surface area contributed by atoms with Crippen molar-refractivity contribution in [3.63, 3.8) is 0 Å². The van der Waals surface area contributed by atoms with Gasteiger partial charge in [-0.15, -0.1) is 0 Å². The average Bonchev–Trinajstić information content (AvgIpc) is 3.11. The summed E-state index contributed by atoms with van der Waals surface area (Å²) < 4.78 is 0. The second-order valence-corrected chi connectivity index (χ2v) is 7.93. The van der Waals surface area contributed by atoms with Crippen LogP contribution in [0.5, 0.6) is 0 Å². The fourth-order valence-corrected chi connectivity index (χ4v) is 4.58. The van der Waals surface area contributed by atoms with Gasteiger partial charge in [0.2, 0.25) is 5.91 Å². The smallest absolute Gasteiger partial charge is 0.275 e. The minimum absolute atomic E-state index is 0.0784. The van der Waals surface area contributed by atoms with Crippen LogP contribution in [0.15, 0.2) is 53.6 Å². The summed E-state index contributed by atoms with van der Waals surface area (Å²) in [6, 6.07) is 15.2. The summed E-state index contributed by atoms with van der Waals surface area (Å²) >= 11 is 6.18. The molecule has 0 spiro atoms. The Balaban J connectivity index is 1.58. The van der Waals surface area contributed by atoms with Gasteiger partial charge in [-0.1, -0.05) is 48.0 Å². The van der Waals surface area contributed by atoms with Crippen molar-refractivity contribution in [1.82, 2.24) is 14.9 Å². The van der Waals surface area contributed by atoms with Crippen LogP contribution in [-0.2, 0) is 21.5 Å². The summed E-state index contributed by atoms with van der Waals surface area (Å²) in [4.78, 5) is 31.5. The van der Waals surface area contributed by atoms with Crippen molar-refractivity contribution in [2.24, 2.45) is 5.10 Å². The van der Waals surface area contributed by atoms with Crippen LogP contribution < -0.4 is 0 Å². The van der Waals surface area contributed by atoms with Gasteiger partial charge in [0, 0.05) is 28.0 Å². The van der Waals surface area contributed by atoms with Crippen LogP contribution in [0, 0.1) is 0 Å². The summed E-state index contributed by atoms with van der Waals surface area (Å²) in [5, 5.41) is 7.21. The van der Waals surface area contributed by atoms with Crippen molar-refractivity contribution >= 4 is 40.5 Å². The molecule has 2 aliphatic rings. The molecule has 1 aromatic heterocycles. The van der Waals surface area contributed by atoms with E-state index in [1.165, 1.54) is 11.2 Å². The molecule has 1 atom stereocenters. The molecule has 1 N–H and O–H groups in total. The van der Waals surface area contributed by atoms with E-state index in [0.29, 0.717) is 17.1 Å². The molecular weight excluding hydrogens is 388 g/mol. The number of hydrazone groups is 1. The number of aromatic amines is 1. The lowest BCUT2D eigenvalue weighted by Crippen LogP contribution is -2.65. The first-order chi connectivity index (χ1) is 14.0. The molecule has 1 fully saturated rings. The number of hydrogen-bond acceptors (Lipinski definition) is 3. The monoisotopic (exact) mass is 406 g/mol. The Morgan fingerprint density at radius 3 is 2.72 bits per heavy atom. The van der Waals surface area contributed by atoms with Crippen molar-refractivity contribution in [3.05, 3.63) is 70.4 Å². The van der Waals surface area contributed by atoms with Gasteiger partial charge in [-0.05, 0) is 31.0 Å². The third kappa shape index (κ3) is 2.59. The van der Waals surface area contributed by atoms with E-state index >= 15 is 0 Å². The van der Waals surface area contributed by atoms with Gasteiger partial charge in [0.25, 0.3) is 5.91 Å². The fraction of sp³-hybridized carbons (Fsp3) is 0.227. The van der Waals surface area contributed by atoms with Gasteiger partial charge in [0.1, 0.15) is 6.54 Å². The highest BCUT2D eigenvalue weighted by molar-refractivity contribution is 6.33. The number of nitrogens with one attached hydrogen (secondary N) is 1. The van der Waals surface area contributed by atoms with E-state index in [0.717, 1.165) is 28.6 Å². The third-order valence-electron chi connectivity index (χ3n) is 5.90. The number of hydrogen-bond donors (Lipinski definition) is 1. The number of nitrogens with zero attached hydrogens (tertiary/aromatic N) is 3. The van der Waals surface area contributed by atoms with E-state index in [1.54, 1.807) is 17.9 Å². The van der Waals surface area contributed by atoms with Gasteiger partial charge in [-0.3, -0.25) is 9.59 Å². The van der Waals surface area contributed by atoms with E-state index < -0.39 is 5.54 Å². The number of para-hydroxylation sites is 1. The largest absolute Gasteiger partial charge is 0.356 e. The number of fused-ring (bicyclic) bond motifs is 5. The van der Waals surface area contributed by atoms with Gasteiger partial charge in [0.15, 0.2) is 5.54 Å². The predicted octanol–water partition coefficient (Wildman–Crippen LogP) is 3.30. The normalized spacial score (nSPS) is 21.7. The van der Waals surface area contributed by atoms with E-state index in [4.69, 9.17) is 11.6 Å². The number of benzene rings is 2. The Kier molecular flexibility index (Phi) is 3.99. The molecule has 146 valence electrons. The number of H-pyrrole nitrogens is 1. The van der Waals surface area contributed by atoms with E-state index in [1.807, 2.05) is 42.5 Å². The molecule has 3 heterocycles. The maximum absolute atomic E-state index is 13.5. The summed E-state index contributed by atoms with van der Waals surface area (Å²) in [5.74, 6) is -0.347. The molecule has 3 aromatic rings. The predicted molar refractivity (Wildman–Crippen MR) is 112 cm³/mol. The van der Waals surface area contributed by atoms with Crippen LogP contribution in [0.2, 0.25) is 5.02 Å². The lowest BCUT2D eigenvalue weighted by atomic mass is 9.83. The number of halogens is 1. The van der Waals surface area contributed by atoms with Crippen LogP contribution in [0.4, 0.5) is 0 Å². The molecule has 1 saturated heterocycles. The van der Waals surface area contributed by atoms with Crippen LogP contribution in [0.1, 0.15) is 23.7 Å². The summed E-state index contributed by atoms with van der Waals surface area (Å²) in [6.07, 6.45) is 2.25. The van der Waals surface area contributed by atoms with Crippen LogP contribution in [-0.4, -0.2) is 46.0 Å². The second kappa shape index (κ2) is 6.46. The highest BCUT2D eigenvalue weighted by Crippen LogP contribution is 2.41. The van der Waals surface area contributed by atoms with Gasteiger partial charge in [0.05, 0.1) is 11.9 Å². The second-order valence-electron chi connectivity index (χ2n) is 7.52. The molecule has 0 radical (unpaired) electrons. The Bertz CT molecular complexity index is 1180. The zero-order valence-electron chi connectivity index (χ0n) is 15.9. The van der Waals surface area contributed by atoms with Crippen molar-refractivity contribution in [3.8, 4) is 0 Å². The topological polar surface area (TPSA) is 68.8 Å². The lowest BCUT2D eigenvalue weighted by Gasteiger charge is -2.48. The Morgan fingerprint density at radius 1 is 1.14 bits per heavy atom. The minimum Gasteiger partial charge on any atom is -0.356 e. The first-order valence-corrected chi connectivity index (χ1v) is 9.89. The molecule has 0 unspecified atom stereocenters. The molecule has 0 aliphatic carbocycles. The molecule has 7 heteroatoms. The number of carbonyl (C=O) groups excluding carboxylic acids is 2. The number of rotatable bonds is 2. The molecule has 5 rings (SSSR count). The summed E-state index contributed by atoms with van der Waals surface area (Å²) in [6.45, 7) is 2.24. The molecule has 6 nitrogen and oxygen atoms in total. The molecule has 2 aromatic carbocycles. The van der Waals surface area contributed by atoms with Crippen molar-refractivity contribution in [2.75, 3.05) is 13.1 Å². The number of amides is 2. The van der Waals surface area contributed by atoms with Crippen LogP contribution in [0.3, 0.4) is 0 Å². The van der Waals surface area contributed by atoms with Crippen LogP contribution in [0.25, 0.3) is 10.9 Å². The zero-order valence-corrected chi connectivity index (χ0v) is 16.6. The van der Waals surface area contributed by atoms with Crippen LogP contribution >= 0.6 is 11.6 Å². The lowest BCUT2D eigenvalue weighted by molar-refractivity contribution is -0.165. The van der Waals surface area contributed by atoms with Gasteiger partial charge >= 0.3 is 0 Å². The average molecular weight is 407 g/mol. The number of aromatic nitrogens is 1. The fourth-order valence-electron chi connectivity index (χ4n) is 4.40. The summed E-state index contributed by atoms with van der Waals surface area (Å²) in [7, 11) is 0. The van der Waals surface area contributed by atoms with Gasteiger partial charge in [-0.2, -0.15) is 5.10 Å². The Morgan fingerprint density at radius 2 is 1.90 bits per heavy atom. The summed E-state index contributed by atoms with van der Waals surface area (Å²) in [5.41, 5.74) is 2.42. The molecule has 2 amide bonds. The molecule has 0 bridgehead atoms. The molecule has 2 aliphatic heterocycles. The number of piperazine rings is 1. The first-order valence-electron chi connectivity index (χ1n) is 9.51.